The molecule has 0 aliphatic rings. The van der Waals surface area contributed by atoms with Gasteiger partial charge >= 0.3 is 5.82 Å². The number of hydrogen-bond donors (Lipinski definition) is 1. The van der Waals surface area contributed by atoms with Crippen LogP contribution in [-0.2, 0) is 12.6 Å². The van der Waals surface area contributed by atoms with E-state index in [9.17, 15) is 10.1 Å². The molecule has 48 valence electrons. The van der Waals surface area contributed by atoms with Crippen LogP contribution in [-0.4, -0.2) is 14.9 Å². The highest BCUT2D eigenvalue weighted by atomic mass is 32.1. The molecule has 0 saturated heterocycles. The molecular weight excluding hydrogens is 142 g/mol. The smallest absolute Gasteiger partial charge is 0.320 e. The zero-order chi connectivity index (χ0) is 6.85. The fourth-order valence-corrected chi connectivity index (χ4v) is 0.592. The second-order valence-corrected chi connectivity index (χ2v) is 1.70. The van der Waals surface area contributed by atoms with E-state index in [2.05, 4.69) is 22.6 Å². The number of nitrogens with zero attached hydrogens (tertiary/aromatic N) is 2. The number of rotatable bonds is 1. The Balaban J connectivity index is 3.08. The Bertz CT molecular complexity index is 233. The molecule has 0 radical (unpaired) electrons. The first kappa shape index (κ1) is 5.96. The van der Waals surface area contributed by atoms with E-state index in [0.29, 0.717) is 0 Å². The highest BCUT2D eigenvalue weighted by molar-refractivity contribution is 7.58. The van der Waals surface area contributed by atoms with Gasteiger partial charge in [-0.1, -0.05) is 0 Å². The lowest BCUT2D eigenvalue weighted by Crippen LogP contribution is -1.88. The minimum atomic E-state index is -0.602. The molecule has 1 rings (SSSR count). The minimum absolute atomic E-state index is 0.000000000000000222. The predicted molar refractivity (Wildman–Crippen MR) is 30.9 cm³/mol. The van der Waals surface area contributed by atoms with Gasteiger partial charge in [-0.3, -0.25) is 0 Å². The highest BCUT2D eigenvalue weighted by Gasteiger charge is 2.02. The third kappa shape index (κ3) is 0.968. The molecule has 0 atom stereocenters. The molecular formula is C3H2N3O2S-. The minimum Gasteiger partial charge on any atom is -0.752 e. The van der Waals surface area contributed by atoms with Crippen molar-refractivity contribution in [2.75, 3.05) is 0 Å². The molecule has 0 unspecified atom stereocenters. The number of nitro groups is 1. The molecule has 1 aromatic rings. The first-order valence-electron chi connectivity index (χ1n) is 2.06. The zero-order valence-electron chi connectivity index (χ0n) is 4.20. The molecule has 0 bridgehead atoms. The van der Waals surface area contributed by atoms with Crippen LogP contribution in [0.3, 0.4) is 0 Å². The largest absolute Gasteiger partial charge is 0.752 e. The van der Waals surface area contributed by atoms with E-state index >= 15 is 0 Å². The number of aromatic amines is 1. The first-order chi connectivity index (χ1) is 4.22. The molecule has 1 N–H and O–H groups in total. The molecule has 0 saturated carbocycles. The zero-order valence-corrected chi connectivity index (χ0v) is 5.01. The summed E-state index contributed by atoms with van der Waals surface area (Å²) in [5.74, 6) is -0.218. The van der Waals surface area contributed by atoms with Gasteiger partial charge in [-0.05, 0) is 4.92 Å². The average molecular weight is 144 g/mol. The summed E-state index contributed by atoms with van der Waals surface area (Å²) in [5.41, 5.74) is 0. The van der Waals surface area contributed by atoms with Crippen molar-refractivity contribution in [2.45, 2.75) is 5.03 Å². The summed E-state index contributed by atoms with van der Waals surface area (Å²) in [6.07, 6.45) is 1.19. The van der Waals surface area contributed by atoms with Crippen LogP contribution in [0.4, 0.5) is 5.82 Å². The van der Waals surface area contributed by atoms with E-state index in [-0.39, 0.29) is 10.8 Å². The summed E-state index contributed by atoms with van der Waals surface area (Å²) in [6, 6.07) is 0. The summed E-state index contributed by atoms with van der Waals surface area (Å²) in [5, 5.41) is 9.95. The van der Waals surface area contributed by atoms with Gasteiger partial charge in [0.15, 0.2) is 6.33 Å². The number of aromatic nitrogens is 2. The summed E-state index contributed by atoms with van der Waals surface area (Å²) in [6.45, 7) is 0. The quantitative estimate of drug-likeness (QED) is 0.347. The van der Waals surface area contributed by atoms with Crippen LogP contribution in [0.25, 0.3) is 0 Å². The van der Waals surface area contributed by atoms with Crippen molar-refractivity contribution < 1.29 is 4.92 Å². The molecule has 6 heteroatoms. The third-order valence-corrected chi connectivity index (χ3v) is 1.07. The molecule has 0 spiro atoms. The van der Waals surface area contributed by atoms with Crippen LogP contribution in [0.2, 0.25) is 0 Å². The Morgan fingerprint density at radius 2 is 2.56 bits per heavy atom. The standard InChI is InChI=1S/C3H3N3O2S/c7-6(8)2-3(9)5-1-4-2/h1,9H,(H,4,5)/p-1. The fourth-order valence-electron chi connectivity index (χ4n) is 0.406. The summed E-state index contributed by atoms with van der Waals surface area (Å²) in [7, 11) is 0. The monoisotopic (exact) mass is 144 g/mol. The summed E-state index contributed by atoms with van der Waals surface area (Å²) >= 11 is 4.48. The molecule has 5 nitrogen and oxygen atoms in total. The lowest BCUT2D eigenvalue weighted by molar-refractivity contribution is -0.392. The van der Waals surface area contributed by atoms with Gasteiger partial charge in [0.2, 0.25) is 0 Å². The Hall–Kier alpha value is -1.17. The first-order valence-corrected chi connectivity index (χ1v) is 2.47. The number of H-pyrrole nitrogens is 1. The van der Waals surface area contributed by atoms with E-state index in [1.54, 1.807) is 0 Å². The van der Waals surface area contributed by atoms with E-state index in [1.807, 2.05) is 0 Å². The molecule has 1 heterocycles. The van der Waals surface area contributed by atoms with E-state index in [0.717, 1.165) is 0 Å². The summed E-state index contributed by atoms with van der Waals surface area (Å²) in [4.78, 5) is 15.1. The van der Waals surface area contributed by atoms with Crippen LogP contribution in [0, 0.1) is 10.1 Å². The third-order valence-electron chi connectivity index (χ3n) is 0.768. The second-order valence-electron chi connectivity index (χ2n) is 1.31. The van der Waals surface area contributed by atoms with E-state index < -0.39 is 4.92 Å². The van der Waals surface area contributed by atoms with Crippen molar-refractivity contribution >= 4 is 18.4 Å². The van der Waals surface area contributed by atoms with E-state index in [1.165, 1.54) is 6.33 Å². The molecule has 1 aromatic heterocycles. The summed E-state index contributed by atoms with van der Waals surface area (Å²) < 4.78 is 0. The van der Waals surface area contributed by atoms with Crippen molar-refractivity contribution in [2.24, 2.45) is 0 Å². The fraction of sp³-hybridized carbons (Fsp3) is 0. The van der Waals surface area contributed by atoms with Crippen molar-refractivity contribution in [3.05, 3.63) is 16.4 Å². The Morgan fingerprint density at radius 1 is 1.89 bits per heavy atom. The number of nitrogens with one attached hydrogen (secondary N) is 1. The van der Waals surface area contributed by atoms with Crippen molar-refractivity contribution in [3.8, 4) is 0 Å². The van der Waals surface area contributed by atoms with Crippen LogP contribution >= 0.6 is 0 Å². The SMILES string of the molecule is O=[N+]([O-])c1[nH]cnc1[S-]. The maximum Gasteiger partial charge on any atom is 0.320 e. The van der Waals surface area contributed by atoms with Gasteiger partial charge in [-0.25, -0.2) is 9.97 Å². The van der Waals surface area contributed by atoms with E-state index in [4.69, 9.17) is 0 Å². The number of imidazole rings is 1. The topological polar surface area (TPSA) is 71.8 Å². The van der Waals surface area contributed by atoms with Crippen LogP contribution in [0.5, 0.6) is 0 Å². The van der Waals surface area contributed by atoms with Crippen LogP contribution in [0.15, 0.2) is 11.4 Å². The van der Waals surface area contributed by atoms with Gasteiger partial charge in [-0.15, -0.1) is 0 Å². The second kappa shape index (κ2) is 1.98. The molecule has 0 amide bonds. The van der Waals surface area contributed by atoms with Crippen molar-refractivity contribution in [1.82, 2.24) is 9.97 Å². The maximum absolute atomic E-state index is 9.95. The average Bonchev–Trinajstić information content (AvgIpc) is 2.13. The predicted octanol–water partition coefficient (Wildman–Crippen LogP) is 0.224. The Labute approximate surface area is 55.7 Å². The van der Waals surface area contributed by atoms with Crippen LogP contribution in [0.1, 0.15) is 0 Å². The van der Waals surface area contributed by atoms with Crippen LogP contribution < -0.4 is 0 Å². The Morgan fingerprint density at radius 3 is 2.78 bits per heavy atom. The van der Waals surface area contributed by atoms with Gasteiger partial charge in [0.25, 0.3) is 0 Å². The van der Waals surface area contributed by atoms with Crippen molar-refractivity contribution in [1.29, 1.82) is 0 Å². The van der Waals surface area contributed by atoms with Gasteiger partial charge < -0.3 is 22.7 Å². The highest BCUT2D eigenvalue weighted by Crippen LogP contribution is 2.09. The molecule has 0 aliphatic heterocycles. The maximum atomic E-state index is 9.95. The molecule has 9 heavy (non-hydrogen) atoms. The van der Waals surface area contributed by atoms with Gasteiger partial charge in [0.05, 0.1) is 0 Å². The molecule has 0 aromatic carbocycles. The lowest BCUT2D eigenvalue weighted by atomic mass is 10.8. The normalized spacial score (nSPS) is 9.33. The Kier molecular flexibility index (Phi) is 1.31. The lowest BCUT2D eigenvalue weighted by Gasteiger charge is -1.96. The molecule has 0 fully saturated rings. The van der Waals surface area contributed by atoms with Crippen molar-refractivity contribution in [3.63, 3.8) is 0 Å². The van der Waals surface area contributed by atoms with Gasteiger partial charge in [0.1, 0.15) is 0 Å². The van der Waals surface area contributed by atoms with Gasteiger partial charge in [-0.2, -0.15) is 0 Å². The molecule has 0 aliphatic carbocycles. The van der Waals surface area contributed by atoms with Gasteiger partial charge in [0, 0.05) is 5.03 Å². The number of hydrogen-bond acceptors (Lipinski definition) is 4.